The zero-order chi connectivity index (χ0) is 13.8. The molecule has 2 rings (SSSR count). The summed E-state index contributed by atoms with van der Waals surface area (Å²) >= 11 is 0. The molecule has 102 valence electrons. The second-order valence-electron chi connectivity index (χ2n) is 4.03. The van der Waals surface area contributed by atoms with E-state index in [1.165, 1.54) is 7.11 Å². The van der Waals surface area contributed by atoms with Gasteiger partial charge in [0.15, 0.2) is 17.2 Å². The van der Waals surface area contributed by atoms with Crippen molar-refractivity contribution in [3.63, 3.8) is 0 Å². The maximum Gasteiger partial charge on any atom is 0.360 e. The van der Waals surface area contributed by atoms with Gasteiger partial charge in [0, 0.05) is 5.22 Å². The number of fused-ring (bicyclic) bond motifs is 1. The first-order valence-electron chi connectivity index (χ1n) is 6.22. The Morgan fingerprint density at radius 2 is 1.89 bits per heavy atom. The number of hydrogen-bond acceptors (Lipinski definition) is 5. The second kappa shape index (κ2) is 5.73. The normalized spacial score (nSPS) is 12.8. The van der Waals surface area contributed by atoms with E-state index in [0.29, 0.717) is 18.1 Å². The number of nitrogens with zero attached hydrogens (tertiary/aromatic N) is 1. The van der Waals surface area contributed by atoms with Gasteiger partial charge in [-0.15, -0.1) is 0 Å². The Morgan fingerprint density at radius 1 is 1.21 bits per heavy atom. The van der Waals surface area contributed by atoms with Crippen molar-refractivity contribution in [1.29, 1.82) is 0 Å². The Labute approximate surface area is 111 Å². The number of carbonyl (C=O) groups excluding carboxylic acids is 1. The van der Waals surface area contributed by atoms with Crippen LogP contribution in [0.25, 0.3) is 12.2 Å². The summed E-state index contributed by atoms with van der Waals surface area (Å²) in [5.74, 6) is 0.358. The highest BCUT2D eigenvalue weighted by Gasteiger charge is 2.22. The van der Waals surface area contributed by atoms with Gasteiger partial charge in [-0.3, -0.25) is 0 Å². The van der Waals surface area contributed by atoms with Crippen LogP contribution in [-0.2, 0) is 4.74 Å². The summed E-state index contributed by atoms with van der Waals surface area (Å²) < 4.78 is 15.7. The maximum absolute atomic E-state index is 11.9. The van der Waals surface area contributed by atoms with E-state index in [-0.39, 0.29) is 5.69 Å². The van der Waals surface area contributed by atoms with Crippen molar-refractivity contribution in [2.75, 3.05) is 20.8 Å². The number of rotatable bonds is 4. The second-order valence-corrected chi connectivity index (χ2v) is 4.03. The van der Waals surface area contributed by atoms with Crippen molar-refractivity contribution in [2.24, 2.45) is 0 Å². The van der Waals surface area contributed by atoms with Crippen molar-refractivity contribution < 1.29 is 19.0 Å². The number of aromatic nitrogens is 1. The first-order chi connectivity index (χ1) is 9.22. The van der Waals surface area contributed by atoms with Crippen molar-refractivity contribution >= 4 is 18.1 Å². The molecule has 0 aliphatic heterocycles. The zero-order valence-electron chi connectivity index (χ0n) is 11.4. The molecule has 1 heterocycles. The van der Waals surface area contributed by atoms with Crippen LogP contribution in [0.1, 0.15) is 30.3 Å². The molecule has 0 spiro atoms. The molecule has 1 aliphatic rings. The monoisotopic (exact) mass is 263 g/mol. The molecule has 0 aromatic carbocycles. The summed E-state index contributed by atoms with van der Waals surface area (Å²) in [5, 5.41) is 1.62. The minimum absolute atomic E-state index is 0.159. The summed E-state index contributed by atoms with van der Waals surface area (Å²) in [7, 11) is 3.04. The average molecular weight is 263 g/mol. The van der Waals surface area contributed by atoms with Crippen LogP contribution in [0.5, 0.6) is 11.5 Å². The van der Waals surface area contributed by atoms with Crippen LogP contribution < -0.4 is 20.0 Å². The molecule has 0 saturated heterocycles. The number of ether oxygens (including phenoxy) is 3. The average Bonchev–Trinajstić information content (AvgIpc) is 2.45. The molecule has 0 fully saturated rings. The number of pyridine rings is 1. The Bertz CT molecular complexity index is 607. The minimum atomic E-state index is -0.501. The molecule has 0 unspecified atom stereocenters. The maximum atomic E-state index is 11.9. The molecule has 0 N–H and O–H groups in total. The third-order valence-electron chi connectivity index (χ3n) is 2.90. The molecule has 0 radical (unpaired) electrons. The molecule has 5 nitrogen and oxygen atoms in total. The summed E-state index contributed by atoms with van der Waals surface area (Å²) in [4.78, 5) is 16.3. The Morgan fingerprint density at radius 3 is 2.53 bits per heavy atom. The highest BCUT2D eigenvalue weighted by Crippen LogP contribution is 2.25. The van der Waals surface area contributed by atoms with Gasteiger partial charge in [-0.25, -0.2) is 9.78 Å². The van der Waals surface area contributed by atoms with E-state index in [4.69, 9.17) is 14.2 Å². The first-order valence-corrected chi connectivity index (χ1v) is 6.22. The number of esters is 1. The summed E-state index contributed by atoms with van der Waals surface area (Å²) in [6.45, 7) is 2.04. The van der Waals surface area contributed by atoms with E-state index in [2.05, 4.69) is 4.98 Å². The molecule has 1 aromatic rings. The van der Waals surface area contributed by atoms with Crippen LogP contribution >= 0.6 is 0 Å². The minimum Gasteiger partial charge on any atom is -0.492 e. The van der Waals surface area contributed by atoms with E-state index >= 15 is 0 Å². The lowest BCUT2D eigenvalue weighted by atomic mass is 10.1. The largest absolute Gasteiger partial charge is 0.492 e. The highest BCUT2D eigenvalue weighted by atomic mass is 16.5. The number of carbonyl (C=O) groups is 1. The van der Waals surface area contributed by atoms with Gasteiger partial charge in [0.05, 0.1) is 26.2 Å². The fourth-order valence-corrected chi connectivity index (χ4v) is 2.11. The van der Waals surface area contributed by atoms with Gasteiger partial charge in [0.25, 0.3) is 0 Å². The lowest BCUT2D eigenvalue weighted by Crippen LogP contribution is -2.34. The van der Waals surface area contributed by atoms with Gasteiger partial charge in [0.1, 0.15) is 0 Å². The van der Waals surface area contributed by atoms with Crippen LogP contribution in [0, 0.1) is 0 Å². The van der Waals surface area contributed by atoms with Crippen molar-refractivity contribution in [3.05, 3.63) is 16.3 Å². The molecular formula is C14H17NO4. The quantitative estimate of drug-likeness (QED) is 0.746. The molecule has 0 atom stereocenters. The molecule has 5 heteroatoms. The SMILES string of the molecule is CCOC(=O)c1nc2c(c(OC)c1OC)=CCCC=2. The molecule has 1 aliphatic carbocycles. The Balaban J connectivity index is 2.72. The standard InChI is InChI=1S/C14H17NO4/c1-4-19-14(16)11-13(18-3)12(17-2)9-7-5-6-8-10(9)15-11/h7-8H,4-6H2,1-3H3. The molecule has 1 aromatic heterocycles. The van der Waals surface area contributed by atoms with Crippen molar-refractivity contribution in [1.82, 2.24) is 4.98 Å². The third kappa shape index (κ3) is 2.41. The van der Waals surface area contributed by atoms with Crippen LogP contribution in [-0.4, -0.2) is 31.8 Å². The molecule has 0 bridgehead atoms. The van der Waals surface area contributed by atoms with Gasteiger partial charge in [-0.05, 0) is 19.8 Å². The van der Waals surface area contributed by atoms with Crippen LogP contribution in [0.15, 0.2) is 0 Å². The zero-order valence-corrected chi connectivity index (χ0v) is 11.4. The van der Waals surface area contributed by atoms with E-state index in [1.54, 1.807) is 14.0 Å². The Hall–Kier alpha value is -2.04. The van der Waals surface area contributed by atoms with Gasteiger partial charge in [-0.1, -0.05) is 12.2 Å². The van der Waals surface area contributed by atoms with Crippen molar-refractivity contribution in [3.8, 4) is 11.5 Å². The lowest BCUT2D eigenvalue weighted by Gasteiger charge is -2.13. The Kier molecular flexibility index (Phi) is 4.04. The van der Waals surface area contributed by atoms with E-state index < -0.39 is 5.97 Å². The molecular weight excluding hydrogens is 246 g/mol. The fraction of sp³-hybridized carbons (Fsp3) is 0.429. The third-order valence-corrected chi connectivity index (χ3v) is 2.90. The lowest BCUT2D eigenvalue weighted by molar-refractivity contribution is 0.0514. The van der Waals surface area contributed by atoms with Crippen molar-refractivity contribution in [2.45, 2.75) is 19.8 Å². The van der Waals surface area contributed by atoms with Gasteiger partial charge in [0.2, 0.25) is 0 Å². The van der Waals surface area contributed by atoms with Gasteiger partial charge >= 0.3 is 5.97 Å². The summed E-state index contributed by atoms with van der Waals surface area (Å²) in [5.41, 5.74) is 0.159. The topological polar surface area (TPSA) is 57.7 Å². The molecule has 0 saturated carbocycles. The van der Waals surface area contributed by atoms with Crippen LogP contribution in [0.3, 0.4) is 0 Å². The summed E-state index contributed by atoms with van der Waals surface area (Å²) in [6.07, 6.45) is 5.85. The fourth-order valence-electron chi connectivity index (χ4n) is 2.11. The first kappa shape index (κ1) is 13.4. The van der Waals surface area contributed by atoms with Crippen LogP contribution in [0.4, 0.5) is 0 Å². The number of hydrogen-bond donors (Lipinski definition) is 0. The van der Waals surface area contributed by atoms with E-state index in [0.717, 1.165) is 23.4 Å². The highest BCUT2D eigenvalue weighted by molar-refractivity contribution is 5.91. The van der Waals surface area contributed by atoms with Gasteiger partial charge < -0.3 is 14.2 Å². The molecule has 0 amide bonds. The predicted octanol–water partition coefficient (Wildman–Crippen LogP) is 0.630. The van der Waals surface area contributed by atoms with Gasteiger partial charge in [-0.2, -0.15) is 0 Å². The smallest absolute Gasteiger partial charge is 0.360 e. The number of methoxy groups -OCH3 is 2. The van der Waals surface area contributed by atoms with E-state index in [9.17, 15) is 4.79 Å². The predicted molar refractivity (Wildman–Crippen MR) is 70.7 cm³/mol. The molecule has 19 heavy (non-hydrogen) atoms. The van der Waals surface area contributed by atoms with E-state index in [1.807, 2.05) is 12.2 Å². The van der Waals surface area contributed by atoms with Crippen LogP contribution in [0.2, 0.25) is 0 Å². The summed E-state index contributed by atoms with van der Waals surface area (Å²) in [6, 6.07) is 0.